The maximum absolute atomic E-state index is 11.9. The molecule has 23 heavy (non-hydrogen) atoms. The lowest BCUT2D eigenvalue weighted by atomic mass is 10.2. The fourth-order valence-corrected chi connectivity index (χ4v) is 2.19. The smallest absolute Gasteiger partial charge is 0.287 e. The first-order chi connectivity index (χ1) is 11.3. The minimum absolute atomic E-state index is 0.215. The molecule has 0 saturated carbocycles. The molecule has 0 fully saturated rings. The maximum Gasteiger partial charge on any atom is 0.287 e. The first-order valence-corrected chi connectivity index (χ1v) is 7.60. The van der Waals surface area contributed by atoms with Gasteiger partial charge in [0, 0.05) is 24.9 Å². The van der Waals surface area contributed by atoms with Crippen LogP contribution in [0.25, 0.3) is 11.4 Å². The summed E-state index contributed by atoms with van der Waals surface area (Å²) in [4.78, 5) is 16.4. The molecule has 0 aliphatic rings. The Morgan fingerprint density at radius 1 is 1.22 bits per heavy atom. The van der Waals surface area contributed by atoms with E-state index in [1.807, 2.05) is 43.3 Å². The highest BCUT2D eigenvalue weighted by atomic mass is 16.3. The molecule has 1 amide bonds. The number of hydrogen-bond acceptors (Lipinski definition) is 4. The molecule has 0 atom stereocenters. The third-order valence-electron chi connectivity index (χ3n) is 3.44. The molecule has 0 aliphatic carbocycles. The van der Waals surface area contributed by atoms with E-state index in [1.165, 1.54) is 0 Å². The summed E-state index contributed by atoms with van der Waals surface area (Å²) in [6.45, 7) is 2.44. The second-order valence-corrected chi connectivity index (χ2v) is 5.10. The second-order valence-electron chi connectivity index (χ2n) is 5.10. The fourth-order valence-electron chi connectivity index (χ4n) is 2.19. The first-order valence-electron chi connectivity index (χ1n) is 7.60. The zero-order chi connectivity index (χ0) is 16.1. The van der Waals surface area contributed by atoms with Gasteiger partial charge in [-0.1, -0.05) is 37.3 Å². The Morgan fingerprint density at radius 3 is 2.78 bits per heavy atom. The number of nitrogens with one attached hydrogen (secondary N) is 2. The molecule has 3 rings (SSSR count). The lowest BCUT2D eigenvalue weighted by molar-refractivity contribution is 0.0924. The van der Waals surface area contributed by atoms with Crippen LogP contribution in [0.1, 0.15) is 29.1 Å². The molecule has 0 unspecified atom stereocenters. The van der Waals surface area contributed by atoms with Crippen molar-refractivity contribution in [3.8, 4) is 11.4 Å². The van der Waals surface area contributed by atoms with Gasteiger partial charge in [0.2, 0.25) is 0 Å². The molecule has 2 aromatic heterocycles. The molecule has 0 spiro atoms. The van der Waals surface area contributed by atoms with Crippen molar-refractivity contribution in [2.75, 3.05) is 6.54 Å². The van der Waals surface area contributed by atoms with E-state index in [1.54, 1.807) is 6.07 Å². The predicted octanol–water partition coefficient (Wildman–Crippen LogP) is 2.60. The average molecular weight is 310 g/mol. The Bertz CT molecular complexity index is 777. The Balaban J connectivity index is 1.53. The van der Waals surface area contributed by atoms with Crippen molar-refractivity contribution in [2.24, 2.45) is 0 Å². The van der Waals surface area contributed by atoms with Crippen LogP contribution in [-0.2, 0) is 12.8 Å². The Kier molecular flexibility index (Phi) is 4.52. The standard InChI is InChI=1S/C17H18N4O2/c1-2-13-8-9-14(23-13)17(22)18-11-10-15-19-16(21-20-15)12-6-4-3-5-7-12/h3-9H,2,10-11H2,1H3,(H,18,22)(H,19,20,21). The lowest BCUT2D eigenvalue weighted by Crippen LogP contribution is -2.25. The van der Waals surface area contributed by atoms with Gasteiger partial charge in [-0.3, -0.25) is 9.89 Å². The molecule has 0 bridgehead atoms. The highest BCUT2D eigenvalue weighted by Crippen LogP contribution is 2.13. The van der Waals surface area contributed by atoms with Crippen LogP contribution in [-0.4, -0.2) is 27.6 Å². The van der Waals surface area contributed by atoms with Gasteiger partial charge in [-0.25, -0.2) is 4.98 Å². The molecular weight excluding hydrogens is 292 g/mol. The van der Waals surface area contributed by atoms with Crippen molar-refractivity contribution in [3.05, 3.63) is 59.8 Å². The Hall–Kier alpha value is -2.89. The van der Waals surface area contributed by atoms with Crippen molar-refractivity contribution in [1.29, 1.82) is 0 Å². The Labute approximate surface area is 133 Å². The largest absolute Gasteiger partial charge is 0.456 e. The number of hydrogen-bond donors (Lipinski definition) is 2. The van der Waals surface area contributed by atoms with E-state index in [0.29, 0.717) is 24.6 Å². The van der Waals surface area contributed by atoms with Gasteiger partial charge < -0.3 is 9.73 Å². The molecule has 0 radical (unpaired) electrons. The highest BCUT2D eigenvalue weighted by molar-refractivity contribution is 5.91. The van der Waals surface area contributed by atoms with Crippen molar-refractivity contribution < 1.29 is 9.21 Å². The predicted molar refractivity (Wildman–Crippen MR) is 85.9 cm³/mol. The van der Waals surface area contributed by atoms with E-state index >= 15 is 0 Å². The number of nitrogens with zero attached hydrogens (tertiary/aromatic N) is 2. The van der Waals surface area contributed by atoms with Crippen molar-refractivity contribution in [3.63, 3.8) is 0 Å². The van der Waals surface area contributed by atoms with Crippen LogP contribution in [0.4, 0.5) is 0 Å². The van der Waals surface area contributed by atoms with Crippen LogP contribution in [0.15, 0.2) is 46.9 Å². The van der Waals surface area contributed by atoms with Gasteiger partial charge >= 0.3 is 0 Å². The van der Waals surface area contributed by atoms with Crippen LogP contribution in [0.3, 0.4) is 0 Å². The van der Waals surface area contributed by atoms with E-state index in [4.69, 9.17) is 4.42 Å². The number of amides is 1. The van der Waals surface area contributed by atoms with E-state index in [9.17, 15) is 4.79 Å². The average Bonchev–Trinajstić information content (AvgIpc) is 3.25. The number of benzene rings is 1. The summed E-state index contributed by atoms with van der Waals surface area (Å²) >= 11 is 0. The number of aromatic nitrogens is 3. The number of carbonyl (C=O) groups is 1. The minimum atomic E-state index is -0.215. The van der Waals surface area contributed by atoms with Crippen LogP contribution in [0.5, 0.6) is 0 Å². The number of H-pyrrole nitrogens is 1. The van der Waals surface area contributed by atoms with Crippen molar-refractivity contribution >= 4 is 5.91 Å². The van der Waals surface area contributed by atoms with E-state index < -0.39 is 0 Å². The van der Waals surface area contributed by atoms with Crippen LogP contribution in [0, 0.1) is 0 Å². The summed E-state index contributed by atoms with van der Waals surface area (Å²) in [7, 11) is 0. The second kappa shape index (κ2) is 6.91. The Morgan fingerprint density at radius 2 is 2.04 bits per heavy atom. The van der Waals surface area contributed by atoms with E-state index in [2.05, 4.69) is 20.5 Å². The van der Waals surface area contributed by atoms with Gasteiger partial charge in [-0.05, 0) is 12.1 Å². The first kappa shape index (κ1) is 15.0. The highest BCUT2D eigenvalue weighted by Gasteiger charge is 2.11. The molecule has 2 N–H and O–H groups in total. The van der Waals surface area contributed by atoms with Gasteiger partial charge in [0.15, 0.2) is 11.6 Å². The van der Waals surface area contributed by atoms with Crippen LogP contribution >= 0.6 is 0 Å². The van der Waals surface area contributed by atoms with Crippen molar-refractivity contribution in [1.82, 2.24) is 20.5 Å². The van der Waals surface area contributed by atoms with Crippen molar-refractivity contribution in [2.45, 2.75) is 19.8 Å². The summed E-state index contributed by atoms with van der Waals surface area (Å²) in [5.41, 5.74) is 0.960. The lowest BCUT2D eigenvalue weighted by Gasteiger charge is -2.01. The molecule has 118 valence electrons. The van der Waals surface area contributed by atoms with Gasteiger partial charge in [0.1, 0.15) is 11.6 Å². The number of aromatic amines is 1. The van der Waals surface area contributed by atoms with Gasteiger partial charge in [0.05, 0.1) is 0 Å². The normalized spacial score (nSPS) is 10.7. The summed E-state index contributed by atoms with van der Waals surface area (Å²) in [6.07, 6.45) is 1.35. The third kappa shape index (κ3) is 3.66. The zero-order valence-corrected chi connectivity index (χ0v) is 12.9. The number of aryl methyl sites for hydroxylation is 1. The number of rotatable bonds is 6. The molecule has 6 heteroatoms. The quantitative estimate of drug-likeness (QED) is 0.733. The SMILES string of the molecule is CCc1ccc(C(=O)NCCc2nc(-c3ccccc3)n[nH]2)o1. The summed E-state index contributed by atoms with van der Waals surface area (Å²) < 4.78 is 5.41. The summed E-state index contributed by atoms with van der Waals surface area (Å²) in [5.74, 6) is 2.32. The molecule has 0 aliphatic heterocycles. The number of furan rings is 1. The molecule has 2 heterocycles. The minimum Gasteiger partial charge on any atom is -0.456 e. The topological polar surface area (TPSA) is 83.8 Å². The monoisotopic (exact) mass is 310 g/mol. The number of carbonyl (C=O) groups excluding carboxylic acids is 1. The van der Waals surface area contributed by atoms with E-state index in [0.717, 1.165) is 23.6 Å². The molecule has 6 nitrogen and oxygen atoms in total. The summed E-state index contributed by atoms with van der Waals surface area (Å²) in [6, 6.07) is 13.3. The molecule has 1 aromatic carbocycles. The van der Waals surface area contributed by atoms with Gasteiger partial charge in [-0.2, -0.15) is 5.10 Å². The van der Waals surface area contributed by atoms with Gasteiger partial charge in [-0.15, -0.1) is 0 Å². The maximum atomic E-state index is 11.9. The molecular formula is C17H18N4O2. The molecule has 0 saturated heterocycles. The fraction of sp³-hybridized carbons (Fsp3) is 0.235. The third-order valence-corrected chi connectivity index (χ3v) is 3.44. The van der Waals surface area contributed by atoms with Gasteiger partial charge in [0.25, 0.3) is 5.91 Å². The van der Waals surface area contributed by atoms with Crippen LogP contribution in [0.2, 0.25) is 0 Å². The zero-order valence-electron chi connectivity index (χ0n) is 12.9. The summed E-state index contributed by atoms with van der Waals surface area (Å²) in [5, 5.41) is 9.90. The van der Waals surface area contributed by atoms with E-state index in [-0.39, 0.29) is 5.91 Å². The molecule has 3 aromatic rings. The van der Waals surface area contributed by atoms with Crippen LogP contribution < -0.4 is 5.32 Å².